The van der Waals surface area contributed by atoms with Gasteiger partial charge in [0.05, 0.1) is 6.61 Å². The molecule has 12 nitrogen and oxygen atoms in total. The van der Waals surface area contributed by atoms with Gasteiger partial charge in [-0.05, 0) is 12.5 Å². The number of aliphatic hydroxyl groups is 1. The van der Waals surface area contributed by atoms with Gasteiger partial charge >= 0.3 is 17.6 Å². The second-order valence-corrected chi connectivity index (χ2v) is 6.20. The predicted octanol–water partition coefficient (Wildman–Crippen LogP) is 0.0196. The van der Waals surface area contributed by atoms with E-state index in [4.69, 9.17) is 24.5 Å². The number of nitrogens with zero attached hydrogens (tertiary/aromatic N) is 2. The number of nitrogens with one attached hydrogen (secondary N) is 1. The Morgan fingerprint density at radius 1 is 1.48 bits per heavy atom. The van der Waals surface area contributed by atoms with Gasteiger partial charge in [-0.15, -0.1) is 0 Å². The minimum Gasteiger partial charge on any atom is -0.478 e. The molecule has 160 valence electrons. The molecule has 0 radical (unpaired) electrons. The highest BCUT2D eigenvalue weighted by molar-refractivity contribution is 5.90. The van der Waals surface area contributed by atoms with Crippen LogP contribution in [0, 0.1) is 0 Å². The van der Waals surface area contributed by atoms with Crippen LogP contribution >= 0.6 is 0 Å². The van der Waals surface area contributed by atoms with Crippen molar-refractivity contribution in [1.29, 1.82) is 0 Å². The highest BCUT2D eigenvalue weighted by Gasteiger charge is 2.39. The summed E-state index contributed by atoms with van der Waals surface area (Å²) in [6.07, 6.45) is 0.371. The molecule has 1 aromatic rings. The molecule has 1 unspecified atom stereocenters. The number of carboxylic acid groups (broad SMARTS) is 1. The SMILES string of the molecule is CCCC(O)OC[C@H]1O[C@@H](n2ccc(NO)nc2=O)C[C@@H]1OC(=O)/C=C\C(=O)O. The molecular formula is C17H23N3O9. The molecule has 4 atom stereocenters. The van der Waals surface area contributed by atoms with Crippen molar-refractivity contribution in [2.45, 2.75) is 50.9 Å². The van der Waals surface area contributed by atoms with Crippen molar-refractivity contribution in [2.24, 2.45) is 0 Å². The van der Waals surface area contributed by atoms with Gasteiger partial charge in [-0.3, -0.25) is 15.3 Å². The fourth-order valence-electron chi connectivity index (χ4n) is 2.70. The van der Waals surface area contributed by atoms with Crippen molar-refractivity contribution < 1.29 is 39.2 Å². The quantitative estimate of drug-likeness (QED) is 0.176. The maximum Gasteiger partial charge on any atom is 0.351 e. The summed E-state index contributed by atoms with van der Waals surface area (Å²) in [5.41, 5.74) is 1.05. The fourth-order valence-corrected chi connectivity index (χ4v) is 2.70. The van der Waals surface area contributed by atoms with Gasteiger partial charge in [-0.25, -0.2) is 14.4 Å². The van der Waals surface area contributed by atoms with Crippen molar-refractivity contribution in [3.63, 3.8) is 0 Å². The van der Waals surface area contributed by atoms with Crippen LogP contribution in [0.4, 0.5) is 5.82 Å². The Labute approximate surface area is 165 Å². The van der Waals surface area contributed by atoms with Crippen LogP contribution in [-0.4, -0.2) is 62.0 Å². The lowest BCUT2D eigenvalue weighted by Crippen LogP contribution is -2.32. The minimum atomic E-state index is -1.31. The van der Waals surface area contributed by atoms with E-state index in [1.807, 2.05) is 6.92 Å². The van der Waals surface area contributed by atoms with Crippen LogP contribution < -0.4 is 11.2 Å². The van der Waals surface area contributed by atoms with Crippen LogP contribution in [-0.2, 0) is 23.8 Å². The second kappa shape index (κ2) is 10.7. The summed E-state index contributed by atoms with van der Waals surface area (Å²) < 4.78 is 17.5. The Balaban J connectivity index is 2.13. The number of anilines is 1. The topological polar surface area (TPSA) is 169 Å². The molecular weight excluding hydrogens is 390 g/mol. The number of aromatic nitrogens is 2. The summed E-state index contributed by atoms with van der Waals surface area (Å²) >= 11 is 0. The first kappa shape index (κ1) is 22.5. The molecule has 0 aromatic carbocycles. The van der Waals surface area contributed by atoms with Crippen LogP contribution in [0.2, 0.25) is 0 Å². The van der Waals surface area contributed by atoms with E-state index in [1.54, 1.807) is 5.48 Å². The number of hydrogen-bond donors (Lipinski definition) is 4. The van der Waals surface area contributed by atoms with Gasteiger partial charge in [0, 0.05) is 24.8 Å². The van der Waals surface area contributed by atoms with E-state index in [0.717, 1.165) is 10.6 Å². The molecule has 0 saturated carbocycles. The van der Waals surface area contributed by atoms with Crippen LogP contribution in [0.3, 0.4) is 0 Å². The van der Waals surface area contributed by atoms with E-state index in [0.29, 0.717) is 18.9 Å². The molecule has 0 aliphatic carbocycles. The van der Waals surface area contributed by atoms with Gasteiger partial charge in [0.2, 0.25) is 0 Å². The van der Waals surface area contributed by atoms with E-state index < -0.39 is 42.4 Å². The van der Waals surface area contributed by atoms with E-state index in [-0.39, 0.29) is 18.8 Å². The Morgan fingerprint density at radius 2 is 2.24 bits per heavy atom. The average molecular weight is 413 g/mol. The van der Waals surface area contributed by atoms with E-state index >= 15 is 0 Å². The summed E-state index contributed by atoms with van der Waals surface area (Å²) in [5.74, 6) is -2.25. The van der Waals surface area contributed by atoms with Crippen LogP contribution in [0.25, 0.3) is 0 Å². The predicted molar refractivity (Wildman–Crippen MR) is 96.0 cm³/mol. The first-order valence-electron chi connectivity index (χ1n) is 8.90. The maximum absolute atomic E-state index is 12.1. The molecule has 1 aromatic heterocycles. The number of hydrogen-bond acceptors (Lipinski definition) is 10. The molecule has 12 heteroatoms. The standard InChI is InChI=1S/C17H23N3O9/c1-2-3-15(23)27-9-11-10(29-16(24)5-4-14(21)22)8-13(28-11)20-7-6-12(19-26)18-17(20)25/h4-7,10-11,13,15,23,26H,2-3,8-9H2,1H3,(H,21,22)(H,18,19,25)/b5-4-/t10-,11+,13+,15?/m0/s1. The van der Waals surface area contributed by atoms with E-state index in [2.05, 4.69) is 4.98 Å². The number of aliphatic carboxylic acids is 1. The van der Waals surface area contributed by atoms with Crippen molar-refractivity contribution >= 4 is 17.8 Å². The Hall–Kier alpha value is -2.80. The molecule has 0 amide bonds. The monoisotopic (exact) mass is 413 g/mol. The van der Waals surface area contributed by atoms with Gasteiger partial charge in [-0.1, -0.05) is 13.3 Å². The van der Waals surface area contributed by atoms with Crippen LogP contribution in [0.15, 0.2) is 29.2 Å². The molecule has 1 saturated heterocycles. The zero-order valence-electron chi connectivity index (χ0n) is 15.6. The summed E-state index contributed by atoms with van der Waals surface area (Å²) in [7, 11) is 0. The van der Waals surface area contributed by atoms with Crippen LogP contribution in [0.1, 0.15) is 32.4 Å². The van der Waals surface area contributed by atoms with Crippen molar-refractivity contribution in [2.75, 3.05) is 12.1 Å². The summed E-state index contributed by atoms with van der Waals surface area (Å²) in [4.78, 5) is 38.1. The third-order valence-electron chi connectivity index (χ3n) is 4.05. The van der Waals surface area contributed by atoms with Crippen LogP contribution in [0.5, 0.6) is 0 Å². The highest BCUT2D eigenvalue weighted by Crippen LogP contribution is 2.30. The lowest BCUT2D eigenvalue weighted by Gasteiger charge is -2.20. The lowest BCUT2D eigenvalue weighted by atomic mass is 10.2. The highest BCUT2D eigenvalue weighted by atomic mass is 16.6. The summed E-state index contributed by atoms with van der Waals surface area (Å²) in [6.45, 7) is 1.76. The third kappa shape index (κ3) is 6.64. The molecule has 1 aliphatic heterocycles. The largest absolute Gasteiger partial charge is 0.478 e. The van der Waals surface area contributed by atoms with Gasteiger partial charge in [-0.2, -0.15) is 4.98 Å². The zero-order valence-corrected chi connectivity index (χ0v) is 15.6. The smallest absolute Gasteiger partial charge is 0.351 e. The van der Waals surface area contributed by atoms with Crippen molar-refractivity contribution in [3.8, 4) is 0 Å². The number of carbonyl (C=O) groups excluding carboxylic acids is 1. The summed E-state index contributed by atoms with van der Waals surface area (Å²) in [6, 6.07) is 1.34. The number of carbonyl (C=O) groups is 2. The van der Waals surface area contributed by atoms with Gasteiger partial charge in [0.25, 0.3) is 0 Å². The normalized spacial score (nSPS) is 22.5. The number of esters is 1. The molecule has 4 N–H and O–H groups in total. The second-order valence-electron chi connectivity index (χ2n) is 6.20. The molecule has 1 fully saturated rings. The van der Waals surface area contributed by atoms with Crippen molar-refractivity contribution in [3.05, 3.63) is 34.9 Å². The molecule has 0 spiro atoms. The fraction of sp³-hybridized carbons (Fsp3) is 0.529. The van der Waals surface area contributed by atoms with Gasteiger partial charge in [0.1, 0.15) is 18.4 Å². The van der Waals surface area contributed by atoms with E-state index in [1.165, 1.54) is 12.3 Å². The number of rotatable bonds is 10. The maximum atomic E-state index is 12.1. The Bertz CT molecular complexity index is 795. The molecule has 1 aliphatic rings. The van der Waals surface area contributed by atoms with Gasteiger partial charge < -0.3 is 24.4 Å². The Kier molecular flexibility index (Phi) is 8.27. The van der Waals surface area contributed by atoms with Gasteiger partial charge in [0.15, 0.2) is 12.1 Å². The minimum absolute atomic E-state index is 0.0476. The molecule has 0 bridgehead atoms. The first-order valence-corrected chi connectivity index (χ1v) is 8.90. The molecule has 2 rings (SSSR count). The lowest BCUT2D eigenvalue weighted by molar-refractivity contribution is -0.160. The zero-order chi connectivity index (χ0) is 21.4. The van der Waals surface area contributed by atoms with Crippen molar-refractivity contribution in [1.82, 2.24) is 9.55 Å². The molecule has 2 heterocycles. The summed E-state index contributed by atoms with van der Waals surface area (Å²) in [5, 5.41) is 27.2. The van der Waals surface area contributed by atoms with E-state index in [9.17, 15) is 19.5 Å². The third-order valence-corrected chi connectivity index (χ3v) is 4.05. The first-order chi connectivity index (χ1) is 13.8. The number of carboxylic acids is 1. The number of ether oxygens (including phenoxy) is 3. The number of aliphatic hydroxyl groups excluding tert-OH is 1. The molecule has 29 heavy (non-hydrogen) atoms. The average Bonchev–Trinajstić information content (AvgIpc) is 3.07. The Morgan fingerprint density at radius 3 is 2.86 bits per heavy atom.